The summed E-state index contributed by atoms with van der Waals surface area (Å²) >= 11 is 0. The van der Waals surface area contributed by atoms with Gasteiger partial charge in [-0.05, 0) is 51.8 Å². The molecule has 1 amide bonds. The van der Waals surface area contributed by atoms with Crippen LogP contribution in [0.25, 0.3) is 11.3 Å². The van der Waals surface area contributed by atoms with E-state index in [2.05, 4.69) is 4.98 Å². The number of carbonyl (C=O) groups is 1. The van der Waals surface area contributed by atoms with Gasteiger partial charge in [0.05, 0.1) is 11.3 Å². The van der Waals surface area contributed by atoms with E-state index in [9.17, 15) is 22.4 Å². The summed E-state index contributed by atoms with van der Waals surface area (Å²) in [7, 11) is 1.73. The maximum absolute atomic E-state index is 13.4. The number of aryl methyl sites for hydroxylation is 1. The molecule has 0 bridgehead atoms. The van der Waals surface area contributed by atoms with Crippen molar-refractivity contribution >= 4 is 6.09 Å². The first kappa shape index (κ1) is 22.1. The lowest BCUT2D eigenvalue weighted by Gasteiger charge is -2.33. The van der Waals surface area contributed by atoms with E-state index in [-0.39, 0.29) is 23.3 Å². The molecule has 0 saturated carbocycles. The van der Waals surface area contributed by atoms with Crippen LogP contribution in [0.3, 0.4) is 0 Å². The van der Waals surface area contributed by atoms with Crippen LogP contribution in [0.5, 0.6) is 0 Å². The first-order valence-electron chi connectivity index (χ1n) is 9.73. The average Bonchev–Trinajstić information content (AvgIpc) is 3.01. The number of rotatable bonds is 2. The lowest BCUT2D eigenvalue weighted by atomic mass is 9.96. The summed E-state index contributed by atoms with van der Waals surface area (Å²) in [5, 5.41) is 0. The van der Waals surface area contributed by atoms with E-state index in [1.54, 1.807) is 37.3 Å². The minimum Gasteiger partial charge on any atom is -0.444 e. The summed E-state index contributed by atoms with van der Waals surface area (Å²) in [4.78, 5) is 18.3. The Morgan fingerprint density at radius 1 is 1.17 bits per heavy atom. The molecule has 1 saturated heterocycles. The minimum absolute atomic E-state index is 0.00257. The third kappa shape index (κ3) is 4.94. The number of ether oxygens (including phenoxy) is 1. The Morgan fingerprint density at radius 2 is 1.80 bits per heavy atom. The van der Waals surface area contributed by atoms with Gasteiger partial charge in [0.15, 0.2) is 0 Å². The van der Waals surface area contributed by atoms with Crippen LogP contribution in [0.4, 0.5) is 22.4 Å². The van der Waals surface area contributed by atoms with E-state index in [1.807, 2.05) is 0 Å². The monoisotopic (exact) mass is 427 g/mol. The Morgan fingerprint density at radius 3 is 2.37 bits per heavy atom. The standard InChI is InChI=1S/C21H25F4N3O2/c1-20(2,3)30-19(29)28-9-7-13(8-10-28)18-26-17(12-27(18)4)15-6-5-14(22)11-16(15)21(23,24)25/h5-6,11-13H,7-10H2,1-4H3. The van der Waals surface area contributed by atoms with Gasteiger partial charge in [0.2, 0.25) is 0 Å². The van der Waals surface area contributed by atoms with Crippen molar-refractivity contribution < 1.29 is 27.1 Å². The second-order valence-corrected chi connectivity index (χ2v) is 8.52. The van der Waals surface area contributed by atoms with Crippen molar-refractivity contribution in [3.63, 3.8) is 0 Å². The number of hydrogen-bond acceptors (Lipinski definition) is 3. The van der Waals surface area contributed by atoms with Crippen molar-refractivity contribution in [2.45, 2.75) is 51.3 Å². The normalized spacial score (nSPS) is 16.1. The highest BCUT2D eigenvalue weighted by Crippen LogP contribution is 2.38. The van der Waals surface area contributed by atoms with Gasteiger partial charge in [0.1, 0.15) is 17.2 Å². The molecule has 1 aliphatic rings. The number of carbonyl (C=O) groups excluding carboxylic acids is 1. The van der Waals surface area contributed by atoms with Crippen LogP contribution < -0.4 is 0 Å². The fourth-order valence-electron chi connectivity index (χ4n) is 3.61. The van der Waals surface area contributed by atoms with Gasteiger partial charge >= 0.3 is 12.3 Å². The highest BCUT2D eigenvalue weighted by molar-refractivity contribution is 5.68. The van der Waals surface area contributed by atoms with Crippen molar-refractivity contribution in [2.24, 2.45) is 7.05 Å². The SMILES string of the molecule is Cn1cc(-c2ccc(F)cc2C(F)(F)F)nc1C1CCN(C(=O)OC(C)(C)C)CC1. The van der Waals surface area contributed by atoms with Crippen LogP contribution in [0.15, 0.2) is 24.4 Å². The maximum Gasteiger partial charge on any atom is 0.417 e. The van der Waals surface area contributed by atoms with Crippen molar-refractivity contribution in [3.05, 3.63) is 41.6 Å². The molecule has 0 aliphatic carbocycles. The number of piperidine rings is 1. The molecule has 5 nitrogen and oxygen atoms in total. The van der Waals surface area contributed by atoms with E-state index in [4.69, 9.17) is 4.74 Å². The summed E-state index contributed by atoms with van der Waals surface area (Å²) in [6.45, 7) is 6.37. The topological polar surface area (TPSA) is 47.4 Å². The maximum atomic E-state index is 13.4. The van der Waals surface area contributed by atoms with E-state index >= 15 is 0 Å². The summed E-state index contributed by atoms with van der Waals surface area (Å²) in [5.74, 6) is -0.305. The Labute approximate surface area is 172 Å². The molecule has 1 aliphatic heterocycles. The molecule has 0 spiro atoms. The molecule has 0 unspecified atom stereocenters. The summed E-state index contributed by atoms with van der Waals surface area (Å²) in [6.07, 6.45) is -2.29. The molecule has 1 aromatic heterocycles. The number of amides is 1. The second kappa shape index (κ2) is 7.92. The zero-order valence-corrected chi connectivity index (χ0v) is 17.4. The Hall–Kier alpha value is -2.58. The molecular weight excluding hydrogens is 402 g/mol. The van der Waals surface area contributed by atoms with Crippen molar-refractivity contribution in [1.29, 1.82) is 0 Å². The molecule has 30 heavy (non-hydrogen) atoms. The molecule has 9 heteroatoms. The van der Waals surface area contributed by atoms with Gasteiger partial charge in [0, 0.05) is 37.8 Å². The Balaban J connectivity index is 1.78. The van der Waals surface area contributed by atoms with Gasteiger partial charge in [-0.25, -0.2) is 14.2 Å². The lowest BCUT2D eigenvalue weighted by molar-refractivity contribution is -0.137. The van der Waals surface area contributed by atoms with Gasteiger partial charge in [-0.2, -0.15) is 13.2 Å². The van der Waals surface area contributed by atoms with Gasteiger partial charge < -0.3 is 14.2 Å². The van der Waals surface area contributed by atoms with E-state index in [0.29, 0.717) is 37.8 Å². The summed E-state index contributed by atoms with van der Waals surface area (Å²) in [6, 6.07) is 2.59. The van der Waals surface area contributed by atoms with Crippen molar-refractivity contribution in [2.75, 3.05) is 13.1 Å². The van der Waals surface area contributed by atoms with E-state index < -0.39 is 23.2 Å². The van der Waals surface area contributed by atoms with Gasteiger partial charge in [-0.15, -0.1) is 0 Å². The minimum atomic E-state index is -4.69. The number of halogens is 4. The second-order valence-electron chi connectivity index (χ2n) is 8.52. The third-order valence-electron chi connectivity index (χ3n) is 4.99. The molecule has 3 rings (SSSR count). The largest absolute Gasteiger partial charge is 0.444 e. The highest BCUT2D eigenvalue weighted by Gasteiger charge is 2.35. The van der Waals surface area contributed by atoms with Gasteiger partial charge in [-0.3, -0.25) is 0 Å². The van der Waals surface area contributed by atoms with Crippen LogP contribution >= 0.6 is 0 Å². The van der Waals surface area contributed by atoms with Gasteiger partial charge in [-0.1, -0.05) is 0 Å². The van der Waals surface area contributed by atoms with Crippen molar-refractivity contribution in [3.8, 4) is 11.3 Å². The number of benzene rings is 1. The predicted molar refractivity (Wildman–Crippen MR) is 103 cm³/mol. The fourth-order valence-corrected chi connectivity index (χ4v) is 3.61. The van der Waals surface area contributed by atoms with Crippen LogP contribution in [0.1, 0.15) is 50.9 Å². The first-order chi connectivity index (χ1) is 13.8. The van der Waals surface area contributed by atoms with E-state index in [1.165, 1.54) is 6.20 Å². The van der Waals surface area contributed by atoms with Crippen LogP contribution in [0, 0.1) is 5.82 Å². The molecular formula is C21H25F4N3O2. The average molecular weight is 427 g/mol. The Kier molecular flexibility index (Phi) is 5.84. The molecule has 2 heterocycles. The number of likely N-dealkylation sites (tertiary alicyclic amines) is 1. The van der Waals surface area contributed by atoms with Crippen molar-refractivity contribution in [1.82, 2.24) is 14.5 Å². The predicted octanol–water partition coefficient (Wildman–Crippen LogP) is 5.36. The first-order valence-corrected chi connectivity index (χ1v) is 9.73. The summed E-state index contributed by atoms with van der Waals surface area (Å²) in [5.41, 5.74) is -1.63. The lowest BCUT2D eigenvalue weighted by Crippen LogP contribution is -2.41. The molecule has 1 aromatic carbocycles. The Bertz CT molecular complexity index is 923. The third-order valence-corrected chi connectivity index (χ3v) is 4.99. The molecule has 0 radical (unpaired) electrons. The number of nitrogens with zero attached hydrogens (tertiary/aromatic N) is 3. The quantitative estimate of drug-likeness (QED) is 0.607. The molecule has 2 aromatic rings. The summed E-state index contributed by atoms with van der Waals surface area (Å²) < 4.78 is 60.6. The zero-order chi connectivity index (χ0) is 22.3. The van der Waals surface area contributed by atoms with Crippen LogP contribution in [-0.2, 0) is 18.0 Å². The molecule has 0 N–H and O–H groups in total. The van der Waals surface area contributed by atoms with Gasteiger partial charge in [0.25, 0.3) is 0 Å². The number of alkyl halides is 3. The van der Waals surface area contributed by atoms with E-state index in [0.717, 1.165) is 12.1 Å². The number of imidazole rings is 1. The number of hydrogen-bond donors (Lipinski definition) is 0. The molecule has 0 atom stereocenters. The molecule has 1 fully saturated rings. The fraction of sp³-hybridized carbons (Fsp3) is 0.524. The highest BCUT2D eigenvalue weighted by atomic mass is 19.4. The smallest absolute Gasteiger partial charge is 0.417 e. The van der Waals surface area contributed by atoms with Crippen LogP contribution in [-0.4, -0.2) is 39.2 Å². The zero-order valence-electron chi connectivity index (χ0n) is 17.4. The van der Waals surface area contributed by atoms with Crippen LogP contribution in [0.2, 0.25) is 0 Å². The molecule has 164 valence electrons. The number of aromatic nitrogens is 2.